The van der Waals surface area contributed by atoms with E-state index in [1.54, 1.807) is 0 Å². The molecule has 0 saturated carbocycles. The number of rotatable bonds is 4. The topological polar surface area (TPSA) is 76.6 Å². The third-order valence-corrected chi connectivity index (χ3v) is 4.21. The molecule has 2 rings (SSSR count). The number of piperidine rings is 1. The van der Waals surface area contributed by atoms with Crippen molar-refractivity contribution < 1.29 is 14.5 Å². The van der Waals surface area contributed by atoms with Crippen molar-refractivity contribution in [2.24, 2.45) is 11.7 Å². The summed E-state index contributed by atoms with van der Waals surface area (Å²) in [5.74, 6) is -0.364. The summed E-state index contributed by atoms with van der Waals surface area (Å²) in [6, 6.07) is 7.69. The van der Waals surface area contributed by atoms with Gasteiger partial charge in [0.1, 0.15) is 0 Å². The minimum absolute atomic E-state index is 0.0212. The molecule has 0 radical (unpaired) electrons. The molecule has 6 heteroatoms. The van der Waals surface area contributed by atoms with Crippen molar-refractivity contribution in [1.82, 2.24) is 0 Å². The molecule has 1 unspecified atom stereocenters. The van der Waals surface area contributed by atoms with E-state index in [0.717, 1.165) is 33.5 Å². The van der Waals surface area contributed by atoms with E-state index in [2.05, 4.69) is 27.9 Å². The summed E-state index contributed by atoms with van der Waals surface area (Å²) in [7, 11) is 0. The molecule has 5 nitrogen and oxygen atoms in total. The second kappa shape index (κ2) is 7.03. The minimum Gasteiger partial charge on any atom is -0.369 e. The number of nitrogens with two attached hydrogens (primary N) is 1. The van der Waals surface area contributed by atoms with Crippen molar-refractivity contribution in [3.8, 4) is 0 Å². The predicted molar refractivity (Wildman–Crippen MR) is 85.3 cm³/mol. The van der Waals surface area contributed by atoms with Gasteiger partial charge in [0, 0.05) is 9.26 Å². The van der Waals surface area contributed by atoms with Crippen molar-refractivity contribution in [2.75, 3.05) is 25.0 Å². The largest absolute Gasteiger partial charge is 0.369 e. The van der Waals surface area contributed by atoms with Crippen LogP contribution in [0.4, 0.5) is 5.69 Å². The van der Waals surface area contributed by atoms with E-state index < -0.39 is 0 Å². The predicted octanol–water partition coefficient (Wildman–Crippen LogP) is 0.00990. The number of hydrogen-bond donors (Lipinski definition) is 3. The van der Waals surface area contributed by atoms with Gasteiger partial charge in [-0.25, -0.2) is 0 Å². The Morgan fingerprint density at radius 3 is 2.95 bits per heavy atom. The van der Waals surface area contributed by atoms with Crippen molar-refractivity contribution >= 4 is 40.1 Å². The molecular weight excluding hydrogens is 369 g/mol. The lowest BCUT2D eigenvalue weighted by molar-refractivity contribution is -0.899. The number of benzene rings is 1. The summed E-state index contributed by atoms with van der Waals surface area (Å²) in [6.45, 7) is 1.97. The van der Waals surface area contributed by atoms with Gasteiger partial charge in [-0.05, 0) is 53.6 Å². The Bertz CT molecular complexity index is 507. The van der Waals surface area contributed by atoms with Crippen LogP contribution in [0, 0.1) is 9.49 Å². The summed E-state index contributed by atoms with van der Waals surface area (Å²) in [6.07, 6.45) is 1.79. The Labute approximate surface area is 132 Å². The number of carbonyl (C=O) groups is 2. The normalized spacial score (nSPS) is 22.2. The lowest BCUT2D eigenvalue weighted by Crippen LogP contribution is -3.14. The molecule has 0 bridgehead atoms. The Kier molecular flexibility index (Phi) is 5.36. The van der Waals surface area contributed by atoms with Gasteiger partial charge < -0.3 is 16.0 Å². The molecule has 2 atom stereocenters. The number of halogens is 1. The zero-order chi connectivity index (χ0) is 14.5. The molecule has 1 aromatic rings. The highest BCUT2D eigenvalue weighted by atomic mass is 127. The van der Waals surface area contributed by atoms with Crippen LogP contribution >= 0.6 is 22.6 Å². The summed E-state index contributed by atoms with van der Waals surface area (Å²) >= 11 is 2.21. The van der Waals surface area contributed by atoms with Gasteiger partial charge in [0.15, 0.2) is 6.54 Å². The fraction of sp³-hybridized carbons (Fsp3) is 0.429. The summed E-state index contributed by atoms with van der Waals surface area (Å²) in [5.41, 5.74) is 6.16. The van der Waals surface area contributed by atoms with E-state index >= 15 is 0 Å². The highest BCUT2D eigenvalue weighted by Gasteiger charge is 2.28. The lowest BCUT2D eigenvalue weighted by atomic mass is 9.97. The van der Waals surface area contributed by atoms with Crippen molar-refractivity contribution in [3.05, 3.63) is 27.8 Å². The molecular formula is C14H19IN3O2+. The van der Waals surface area contributed by atoms with Crippen LogP contribution in [0.25, 0.3) is 0 Å². The van der Waals surface area contributed by atoms with Crippen LogP contribution in [0.3, 0.4) is 0 Å². The summed E-state index contributed by atoms with van der Waals surface area (Å²) < 4.78 is 1.08. The van der Waals surface area contributed by atoms with Gasteiger partial charge in [-0.1, -0.05) is 6.07 Å². The Morgan fingerprint density at radius 1 is 1.45 bits per heavy atom. The van der Waals surface area contributed by atoms with E-state index in [4.69, 9.17) is 5.73 Å². The van der Waals surface area contributed by atoms with Crippen LogP contribution in [0.1, 0.15) is 12.8 Å². The van der Waals surface area contributed by atoms with Gasteiger partial charge in [0.25, 0.3) is 5.91 Å². The van der Waals surface area contributed by atoms with E-state index in [-0.39, 0.29) is 17.7 Å². The summed E-state index contributed by atoms with van der Waals surface area (Å²) in [4.78, 5) is 24.4. The second-order valence-corrected chi connectivity index (χ2v) is 6.43. The zero-order valence-corrected chi connectivity index (χ0v) is 13.4. The highest BCUT2D eigenvalue weighted by Crippen LogP contribution is 2.12. The maximum Gasteiger partial charge on any atom is 0.279 e. The third kappa shape index (κ3) is 4.45. The first kappa shape index (κ1) is 15.2. The number of carbonyl (C=O) groups excluding carboxylic acids is 2. The molecule has 108 valence electrons. The molecule has 0 spiro atoms. The molecule has 1 heterocycles. The van der Waals surface area contributed by atoms with Gasteiger partial charge >= 0.3 is 0 Å². The van der Waals surface area contributed by atoms with E-state index in [9.17, 15) is 9.59 Å². The standard InChI is InChI=1S/C14H18IN3O2/c15-11-4-1-5-12(7-11)17-13(19)9-18-6-2-3-10(8-18)14(16)20/h1,4-5,7,10H,2-3,6,8-9H2,(H2,16,20)(H,17,19)/p+1/t10-/m1/s1. The van der Waals surface area contributed by atoms with E-state index in [1.165, 1.54) is 0 Å². The maximum atomic E-state index is 12.0. The first-order chi connectivity index (χ1) is 9.54. The molecule has 1 fully saturated rings. The fourth-order valence-corrected chi connectivity index (χ4v) is 3.10. The fourth-order valence-electron chi connectivity index (χ4n) is 2.55. The molecule has 1 aromatic carbocycles. The Hall–Kier alpha value is -1.15. The number of nitrogens with one attached hydrogen (secondary N) is 2. The number of likely N-dealkylation sites (tertiary alicyclic amines) is 1. The molecule has 1 aliphatic heterocycles. The van der Waals surface area contributed by atoms with E-state index in [1.807, 2.05) is 24.3 Å². The van der Waals surface area contributed by atoms with Gasteiger partial charge in [-0.3, -0.25) is 9.59 Å². The van der Waals surface area contributed by atoms with Gasteiger partial charge in [-0.2, -0.15) is 0 Å². The molecule has 4 N–H and O–H groups in total. The first-order valence-corrected chi connectivity index (χ1v) is 7.81. The van der Waals surface area contributed by atoms with Gasteiger partial charge in [0.05, 0.1) is 19.0 Å². The second-order valence-electron chi connectivity index (χ2n) is 5.18. The quantitative estimate of drug-likeness (QED) is 0.636. The smallest absolute Gasteiger partial charge is 0.279 e. The molecule has 2 amide bonds. The van der Waals surface area contributed by atoms with Gasteiger partial charge in [0.2, 0.25) is 5.91 Å². The van der Waals surface area contributed by atoms with Gasteiger partial charge in [-0.15, -0.1) is 0 Å². The third-order valence-electron chi connectivity index (χ3n) is 3.54. The van der Waals surface area contributed by atoms with Crippen LogP contribution in [0.15, 0.2) is 24.3 Å². The van der Waals surface area contributed by atoms with Crippen molar-refractivity contribution in [1.29, 1.82) is 0 Å². The SMILES string of the molecule is NC(=O)[C@@H]1CCC[NH+](CC(=O)Nc2cccc(I)c2)C1. The Morgan fingerprint density at radius 2 is 2.25 bits per heavy atom. The molecule has 1 saturated heterocycles. The van der Waals surface area contributed by atoms with Crippen molar-refractivity contribution in [2.45, 2.75) is 12.8 Å². The van der Waals surface area contributed by atoms with E-state index in [0.29, 0.717) is 13.1 Å². The minimum atomic E-state index is -0.250. The molecule has 1 aliphatic rings. The number of amides is 2. The number of quaternary nitrogens is 1. The van der Waals surface area contributed by atoms with Crippen molar-refractivity contribution in [3.63, 3.8) is 0 Å². The van der Waals surface area contributed by atoms with Crippen LogP contribution in [0.2, 0.25) is 0 Å². The highest BCUT2D eigenvalue weighted by molar-refractivity contribution is 14.1. The molecule has 0 aromatic heterocycles. The van der Waals surface area contributed by atoms with Crippen LogP contribution in [-0.4, -0.2) is 31.4 Å². The van der Waals surface area contributed by atoms with Crippen LogP contribution in [-0.2, 0) is 9.59 Å². The van der Waals surface area contributed by atoms with Crippen LogP contribution < -0.4 is 16.0 Å². The molecule has 0 aliphatic carbocycles. The number of hydrogen-bond acceptors (Lipinski definition) is 2. The average Bonchev–Trinajstić information content (AvgIpc) is 2.38. The zero-order valence-electron chi connectivity index (χ0n) is 11.2. The first-order valence-electron chi connectivity index (χ1n) is 6.73. The van der Waals surface area contributed by atoms with Crippen LogP contribution in [0.5, 0.6) is 0 Å². The number of primary amides is 1. The monoisotopic (exact) mass is 388 g/mol. The average molecular weight is 388 g/mol. The summed E-state index contributed by atoms with van der Waals surface area (Å²) in [5, 5.41) is 2.89. The maximum absolute atomic E-state index is 12.0. The Balaban J connectivity index is 1.86. The molecule has 20 heavy (non-hydrogen) atoms. The lowest BCUT2D eigenvalue weighted by Gasteiger charge is -2.27. The number of anilines is 1.